The van der Waals surface area contributed by atoms with E-state index >= 15 is 0 Å². The van der Waals surface area contributed by atoms with E-state index in [4.69, 9.17) is 5.73 Å². The minimum atomic E-state index is -0.457. The molecule has 4 nitrogen and oxygen atoms in total. The molecule has 4 heteroatoms. The van der Waals surface area contributed by atoms with Gasteiger partial charge in [0.2, 0.25) is 0 Å². The van der Waals surface area contributed by atoms with Gasteiger partial charge >= 0.3 is 0 Å². The van der Waals surface area contributed by atoms with E-state index < -0.39 is 4.92 Å². The van der Waals surface area contributed by atoms with Crippen LogP contribution in [0.25, 0.3) is 12.2 Å². The number of nitro groups is 1. The second-order valence-electron chi connectivity index (χ2n) is 3.81. The Hall–Kier alpha value is -2.62. The van der Waals surface area contributed by atoms with Crippen LogP contribution in [-0.4, -0.2) is 4.92 Å². The molecule has 2 N–H and O–H groups in total. The number of hydrogen-bond acceptors (Lipinski definition) is 3. The van der Waals surface area contributed by atoms with Crippen molar-refractivity contribution >= 4 is 23.5 Å². The van der Waals surface area contributed by atoms with Crippen LogP contribution in [0.2, 0.25) is 0 Å². The molecular weight excluding hydrogens is 228 g/mol. The first-order valence-electron chi connectivity index (χ1n) is 5.44. The monoisotopic (exact) mass is 240 g/mol. The molecule has 0 aliphatic rings. The Kier molecular flexibility index (Phi) is 3.38. The Bertz CT molecular complexity index is 592. The molecule has 0 amide bonds. The number of nitrogens with zero attached hydrogens (tertiary/aromatic N) is 1. The van der Waals surface area contributed by atoms with Gasteiger partial charge < -0.3 is 5.73 Å². The summed E-state index contributed by atoms with van der Waals surface area (Å²) in [6, 6.07) is 14.2. The van der Waals surface area contributed by atoms with E-state index in [0.717, 1.165) is 11.1 Å². The molecule has 0 bridgehead atoms. The Morgan fingerprint density at radius 2 is 1.78 bits per heavy atom. The van der Waals surface area contributed by atoms with Crippen LogP contribution in [0.1, 0.15) is 11.1 Å². The van der Waals surface area contributed by atoms with Crippen molar-refractivity contribution in [2.45, 2.75) is 0 Å². The van der Waals surface area contributed by atoms with E-state index in [1.54, 1.807) is 6.07 Å². The first-order valence-corrected chi connectivity index (χ1v) is 5.44. The minimum Gasteiger partial charge on any atom is -0.398 e. The zero-order chi connectivity index (χ0) is 13.0. The number of anilines is 1. The van der Waals surface area contributed by atoms with Crippen molar-refractivity contribution in [2.24, 2.45) is 0 Å². The highest BCUT2D eigenvalue weighted by atomic mass is 16.6. The fraction of sp³-hybridized carbons (Fsp3) is 0. The molecule has 18 heavy (non-hydrogen) atoms. The summed E-state index contributed by atoms with van der Waals surface area (Å²) in [5.41, 5.74) is 7.99. The van der Waals surface area contributed by atoms with E-state index in [9.17, 15) is 10.1 Å². The van der Waals surface area contributed by atoms with Crippen molar-refractivity contribution < 1.29 is 4.92 Å². The van der Waals surface area contributed by atoms with Gasteiger partial charge in [-0.25, -0.2) is 0 Å². The quantitative estimate of drug-likeness (QED) is 0.387. The first kappa shape index (κ1) is 11.9. The lowest BCUT2D eigenvalue weighted by Gasteiger charge is -2.00. The fourth-order valence-corrected chi connectivity index (χ4v) is 1.58. The number of hydrogen-bond donors (Lipinski definition) is 1. The smallest absolute Gasteiger partial charge is 0.271 e. The maximum Gasteiger partial charge on any atom is 0.271 e. The molecule has 90 valence electrons. The Balaban J connectivity index is 2.25. The minimum absolute atomic E-state index is 0.00404. The molecule has 0 aliphatic heterocycles. The summed E-state index contributed by atoms with van der Waals surface area (Å²) < 4.78 is 0. The van der Waals surface area contributed by atoms with Gasteiger partial charge in [0.05, 0.1) is 4.92 Å². The second kappa shape index (κ2) is 5.14. The highest BCUT2D eigenvalue weighted by molar-refractivity contribution is 5.76. The van der Waals surface area contributed by atoms with Crippen molar-refractivity contribution in [3.63, 3.8) is 0 Å². The van der Waals surface area contributed by atoms with Gasteiger partial charge in [0.1, 0.15) is 0 Å². The molecule has 0 aliphatic carbocycles. The van der Waals surface area contributed by atoms with E-state index in [-0.39, 0.29) is 5.69 Å². The predicted molar refractivity (Wildman–Crippen MR) is 72.9 cm³/mol. The number of rotatable bonds is 3. The molecule has 2 rings (SSSR count). The Morgan fingerprint density at radius 3 is 2.39 bits per heavy atom. The lowest BCUT2D eigenvalue weighted by Crippen LogP contribution is -1.93. The molecule has 0 radical (unpaired) electrons. The van der Waals surface area contributed by atoms with E-state index in [1.165, 1.54) is 12.1 Å². The zero-order valence-corrected chi connectivity index (χ0v) is 9.61. The van der Waals surface area contributed by atoms with Gasteiger partial charge in [-0.05, 0) is 17.2 Å². The largest absolute Gasteiger partial charge is 0.398 e. The first-order chi connectivity index (χ1) is 8.66. The van der Waals surface area contributed by atoms with Crippen LogP contribution in [0.5, 0.6) is 0 Å². The standard InChI is InChI=1S/C14H12N2O2/c15-14-10-13(16(17)18)9-8-12(14)7-6-11-4-2-1-3-5-11/h1-10H,15H2/b7-6+. The molecule has 0 spiro atoms. The number of nitrogens with two attached hydrogens (primary N) is 1. The average Bonchev–Trinajstić information content (AvgIpc) is 2.38. The van der Waals surface area contributed by atoms with Gasteiger partial charge in [-0.15, -0.1) is 0 Å². The number of nitrogen functional groups attached to an aromatic ring is 1. The molecule has 0 saturated carbocycles. The zero-order valence-electron chi connectivity index (χ0n) is 9.61. The van der Waals surface area contributed by atoms with Gasteiger partial charge in [0, 0.05) is 17.8 Å². The Morgan fingerprint density at radius 1 is 1.06 bits per heavy atom. The Labute approximate surface area is 105 Å². The molecule has 2 aromatic carbocycles. The lowest BCUT2D eigenvalue weighted by atomic mass is 10.1. The molecule has 0 unspecified atom stereocenters. The van der Waals surface area contributed by atoms with Gasteiger partial charge in [-0.2, -0.15) is 0 Å². The van der Waals surface area contributed by atoms with Gasteiger partial charge in [0.25, 0.3) is 5.69 Å². The molecule has 0 saturated heterocycles. The topological polar surface area (TPSA) is 69.2 Å². The summed E-state index contributed by atoms with van der Waals surface area (Å²) in [7, 11) is 0. The molecule has 0 fully saturated rings. The maximum absolute atomic E-state index is 10.6. The van der Waals surface area contributed by atoms with Crippen LogP contribution < -0.4 is 5.73 Å². The van der Waals surface area contributed by atoms with Crippen LogP contribution in [-0.2, 0) is 0 Å². The van der Waals surface area contributed by atoms with Crippen molar-refractivity contribution in [2.75, 3.05) is 5.73 Å². The van der Waals surface area contributed by atoms with E-state index in [2.05, 4.69) is 0 Å². The average molecular weight is 240 g/mol. The fourth-order valence-electron chi connectivity index (χ4n) is 1.58. The van der Waals surface area contributed by atoms with Crippen LogP contribution in [0.3, 0.4) is 0 Å². The number of non-ortho nitro benzene ring substituents is 1. The lowest BCUT2D eigenvalue weighted by molar-refractivity contribution is -0.384. The summed E-state index contributed by atoms with van der Waals surface area (Å²) >= 11 is 0. The third-order valence-corrected chi connectivity index (χ3v) is 2.54. The van der Waals surface area contributed by atoms with Crippen LogP contribution in [0, 0.1) is 10.1 Å². The van der Waals surface area contributed by atoms with Crippen molar-refractivity contribution in [3.05, 3.63) is 69.8 Å². The maximum atomic E-state index is 10.6. The van der Waals surface area contributed by atoms with Crippen molar-refractivity contribution in [1.29, 1.82) is 0 Å². The van der Waals surface area contributed by atoms with Crippen molar-refractivity contribution in [3.8, 4) is 0 Å². The number of benzene rings is 2. The van der Waals surface area contributed by atoms with E-state index in [0.29, 0.717) is 5.69 Å². The third kappa shape index (κ3) is 2.74. The summed E-state index contributed by atoms with van der Waals surface area (Å²) in [5, 5.41) is 10.6. The highest BCUT2D eigenvalue weighted by Gasteiger charge is 2.06. The summed E-state index contributed by atoms with van der Waals surface area (Å²) in [4.78, 5) is 10.1. The molecule has 0 heterocycles. The van der Waals surface area contributed by atoms with Crippen molar-refractivity contribution in [1.82, 2.24) is 0 Å². The summed E-state index contributed by atoms with van der Waals surface area (Å²) in [6.07, 6.45) is 3.76. The predicted octanol–water partition coefficient (Wildman–Crippen LogP) is 3.35. The van der Waals surface area contributed by atoms with E-state index in [1.807, 2.05) is 42.5 Å². The molecule has 0 atom stereocenters. The van der Waals surface area contributed by atoms with Gasteiger partial charge in [-0.1, -0.05) is 42.5 Å². The van der Waals surface area contributed by atoms with Crippen LogP contribution in [0.4, 0.5) is 11.4 Å². The number of nitro benzene ring substituents is 1. The third-order valence-electron chi connectivity index (χ3n) is 2.54. The summed E-state index contributed by atoms with van der Waals surface area (Å²) in [5.74, 6) is 0. The van der Waals surface area contributed by atoms with Crippen LogP contribution >= 0.6 is 0 Å². The molecule has 0 aromatic heterocycles. The van der Waals surface area contributed by atoms with Gasteiger partial charge in [0.15, 0.2) is 0 Å². The normalized spacial score (nSPS) is 10.7. The highest BCUT2D eigenvalue weighted by Crippen LogP contribution is 2.21. The van der Waals surface area contributed by atoms with Gasteiger partial charge in [-0.3, -0.25) is 10.1 Å². The summed E-state index contributed by atoms with van der Waals surface area (Å²) in [6.45, 7) is 0. The molecular formula is C14H12N2O2. The second-order valence-corrected chi connectivity index (χ2v) is 3.81. The van der Waals surface area contributed by atoms with Crippen LogP contribution in [0.15, 0.2) is 48.5 Å². The SMILES string of the molecule is Nc1cc([N+](=O)[O-])ccc1/C=C/c1ccccc1. The molecule has 2 aromatic rings.